The number of hydrogen-bond donors (Lipinski definition) is 2. The van der Waals surface area contributed by atoms with Crippen molar-refractivity contribution in [1.29, 1.82) is 0 Å². The minimum atomic E-state index is 0.232. The Kier molecular flexibility index (Phi) is 4.91. The quantitative estimate of drug-likeness (QED) is 0.830. The maximum Gasteiger partial charge on any atom is 0.136 e. The highest BCUT2D eigenvalue weighted by Crippen LogP contribution is 2.31. The number of aromatic nitrogens is 2. The zero-order valence-corrected chi connectivity index (χ0v) is 14.0. The van der Waals surface area contributed by atoms with E-state index in [2.05, 4.69) is 20.6 Å². The highest BCUT2D eigenvalue weighted by atomic mass is 35.5. The first-order valence-corrected chi connectivity index (χ1v) is 7.45. The highest BCUT2D eigenvalue weighted by Gasteiger charge is 2.10. The van der Waals surface area contributed by atoms with Crippen molar-refractivity contribution >= 4 is 40.5 Å². The Bertz CT molecular complexity index is 656. The Balaban J connectivity index is 2.39. The van der Waals surface area contributed by atoms with E-state index in [1.165, 1.54) is 0 Å². The van der Waals surface area contributed by atoms with Crippen molar-refractivity contribution in [3.05, 3.63) is 39.6 Å². The molecule has 0 unspecified atom stereocenters. The van der Waals surface area contributed by atoms with E-state index in [9.17, 15) is 0 Å². The van der Waals surface area contributed by atoms with Gasteiger partial charge in [0.05, 0.1) is 10.7 Å². The lowest BCUT2D eigenvalue weighted by Gasteiger charge is -2.13. The smallest absolute Gasteiger partial charge is 0.136 e. The molecule has 0 bridgehead atoms. The zero-order valence-electron chi connectivity index (χ0n) is 12.5. The van der Waals surface area contributed by atoms with Crippen LogP contribution in [0, 0.1) is 6.92 Å². The van der Waals surface area contributed by atoms with E-state index in [4.69, 9.17) is 23.2 Å². The monoisotopic (exact) mass is 324 g/mol. The molecule has 0 radical (unpaired) electrons. The third-order valence-electron chi connectivity index (χ3n) is 3.03. The van der Waals surface area contributed by atoms with Gasteiger partial charge >= 0.3 is 0 Å². The van der Waals surface area contributed by atoms with Crippen LogP contribution in [0.1, 0.15) is 31.2 Å². The van der Waals surface area contributed by atoms with Crippen LogP contribution in [0.25, 0.3) is 0 Å². The number of hydrogen-bond acceptors (Lipinski definition) is 4. The minimum absolute atomic E-state index is 0.232. The van der Waals surface area contributed by atoms with E-state index in [-0.39, 0.29) is 5.92 Å². The molecule has 2 N–H and O–H groups in total. The second kappa shape index (κ2) is 6.50. The van der Waals surface area contributed by atoms with Crippen LogP contribution in [0.2, 0.25) is 10.0 Å². The van der Waals surface area contributed by atoms with Gasteiger partial charge in [0.2, 0.25) is 0 Å². The maximum atomic E-state index is 6.25. The van der Waals surface area contributed by atoms with E-state index in [0.717, 1.165) is 22.9 Å². The molecule has 4 nitrogen and oxygen atoms in total. The Morgan fingerprint density at radius 3 is 2.29 bits per heavy atom. The molecule has 1 aromatic carbocycles. The number of anilines is 3. The Morgan fingerprint density at radius 1 is 1.00 bits per heavy atom. The summed E-state index contributed by atoms with van der Waals surface area (Å²) in [6.07, 6.45) is 0. The zero-order chi connectivity index (χ0) is 15.6. The second-order valence-corrected chi connectivity index (χ2v) is 5.92. The maximum absolute atomic E-state index is 6.25. The van der Waals surface area contributed by atoms with Crippen LogP contribution >= 0.6 is 23.2 Å². The van der Waals surface area contributed by atoms with Gasteiger partial charge in [0, 0.05) is 24.1 Å². The van der Waals surface area contributed by atoms with E-state index in [1.54, 1.807) is 6.07 Å². The molecule has 1 aromatic heterocycles. The average Bonchev–Trinajstić information content (AvgIpc) is 2.44. The van der Waals surface area contributed by atoms with Gasteiger partial charge in [-0.15, -0.1) is 0 Å². The molecule has 112 valence electrons. The summed E-state index contributed by atoms with van der Waals surface area (Å²) in [5, 5.41) is 7.50. The number of benzene rings is 1. The number of nitrogens with one attached hydrogen (secondary N) is 2. The van der Waals surface area contributed by atoms with Crippen LogP contribution in [-0.2, 0) is 0 Å². The fourth-order valence-electron chi connectivity index (χ4n) is 1.80. The van der Waals surface area contributed by atoms with E-state index in [1.807, 2.05) is 40.0 Å². The molecule has 0 aliphatic carbocycles. The van der Waals surface area contributed by atoms with Crippen LogP contribution in [0.4, 0.5) is 17.3 Å². The standard InChI is InChI=1S/C15H18Cl2N4/c1-8(2)15-20-13(18-4)7-14(21-15)19-12-6-10(16)9(3)5-11(12)17/h5-8H,1-4H3,(H2,18,19,20,21). The molecule has 0 spiro atoms. The van der Waals surface area contributed by atoms with Gasteiger partial charge in [0.1, 0.15) is 17.5 Å². The number of rotatable bonds is 4. The Morgan fingerprint density at radius 2 is 1.67 bits per heavy atom. The molecule has 6 heteroatoms. The molecule has 0 aliphatic rings. The van der Waals surface area contributed by atoms with Crippen LogP contribution < -0.4 is 10.6 Å². The van der Waals surface area contributed by atoms with Crippen LogP contribution in [0.15, 0.2) is 18.2 Å². The number of aryl methyl sites for hydroxylation is 1. The molecule has 0 saturated heterocycles. The largest absolute Gasteiger partial charge is 0.373 e. The van der Waals surface area contributed by atoms with Crippen molar-refractivity contribution in [2.45, 2.75) is 26.7 Å². The van der Waals surface area contributed by atoms with Crippen molar-refractivity contribution in [3.63, 3.8) is 0 Å². The van der Waals surface area contributed by atoms with Crippen molar-refractivity contribution in [2.75, 3.05) is 17.7 Å². The summed E-state index contributed by atoms with van der Waals surface area (Å²) in [5.41, 5.74) is 1.66. The molecule has 0 atom stereocenters. The SMILES string of the molecule is CNc1cc(Nc2cc(Cl)c(C)cc2Cl)nc(C(C)C)n1. The number of halogens is 2. The van der Waals surface area contributed by atoms with Gasteiger partial charge < -0.3 is 10.6 Å². The fraction of sp³-hybridized carbons (Fsp3) is 0.333. The molecule has 2 rings (SSSR count). The van der Waals surface area contributed by atoms with Gasteiger partial charge in [0.25, 0.3) is 0 Å². The number of nitrogens with zero attached hydrogens (tertiary/aromatic N) is 2. The lowest BCUT2D eigenvalue weighted by atomic mass is 10.2. The molecular formula is C15H18Cl2N4. The van der Waals surface area contributed by atoms with Crippen molar-refractivity contribution in [1.82, 2.24) is 9.97 Å². The predicted molar refractivity (Wildman–Crippen MR) is 90.1 cm³/mol. The van der Waals surface area contributed by atoms with Crippen LogP contribution in [0.5, 0.6) is 0 Å². The Labute approximate surface area is 134 Å². The lowest BCUT2D eigenvalue weighted by Crippen LogP contribution is -2.05. The van der Waals surface area contributed by atoms with E-state index in [0.29, 0.717) is 15.9 Å². The second-order valence-electron chi connectivity index (χ2n) is 5.11. The van der Waals surface area contributed by atoms with Gasteiger partial charge in [-0.05, 0) is 24.6 Å². The molecule has 0 fully saturated rings. The molecular weight excluding hydrogens is 307 g/mol. The van der Waals surface area contributed by atoms with E-state index < -0.39 is 0 Å². The summed E-state index contributed by atoms with van der Waals surface area (Å²) in [6.45, 7) is 6.02. The first-order chi connectivity index (χ1) is 9.90. The molecule has 21 heavy (non-hydrogen) atoms. The van der Waals surface area contributed by atoms with E-state index >= 15 is 0 Å². The van der Waals surface area contributed by atoms with Gasteiger partial charge in [-0.2, -0.15) is 0 Å². The third-order valence-corrected chi connectivity index (χ3v) is 3.75. The van der Waals surface area contributed by atoms with Gasteiger partial charge in [0.15, 0.2) is 0 Å². The molecule has 0 saturated carbocycles. The summed E-state index contributed by atoms with van der Waals surface area (Å²) < 4.78 is 0. The normalized spacial score (nSPS) is 10.8. The van der Waals surface area contributed by atoms with Crippen molar-refractivity contribution in [2.24, 2.45) is 0 Å². The third kappa shape index (κ3) is 3.77. The topological polar surface area (TPSA) is 49.8 Å². The summed E-state index contributed by atoms with van der Waals surface area (Å²) in [6, 6.07) is 5.46. The fourth-order valence-corrected chi connectivity index (χ4v) is 2.23. The van der Waals surface area contributed by atoms with Gasteiger partial charge in [-0.3, -0.25) is 0 Å². The molecule has 0 amide bonds. The molecule has 1 heterocycles. The summed E-state index contributed by atoms with van der Waals surface area (Å²) >= 11 is 12.4. The first-order valence-electron chi connectivity index (χ1n) is 6.70. The minimum Gasteiger partial charge on any atom is -0.373 e. The van der Waals surface area contributed by atoms with Crippen LogP contribution in [-0.4, -0.2) is 17.0 Å². The summed E-state index contributed by atoms with van der Waals surface area (Å²) in [5.74, 6) is 2.43. The lowest BCUT2D eigenvalue weighted by molar-refractivity contribution is 0.778. The van der Waals surface area contributed by atoms with Crippen molar-refractivity contribution in [3.8, 4) is 0 Å². The van der Waals surface area contributed by atoms with Gasteiger partial charge in [-0.25, -0.2) is 9.97 Å². The molecule has 0 aliphatic heterocycles. The highest BCUT2D eigenvalue weighted by molar-refractivity contribution is 6.35. The molecule has 2 aromatic rings. The van der Waals surface area contributed by atoms with Gasteiger partial charge in [-0.1, -0.05) is 37.0 Å². The van der Waals surface area contributed by atoms with Crippen molar-refractivity contribution < 1.29 is 0 Å². The average molecular weight is 325 g/mol. The van der Waals surface area contributed by atoms with Crippen LogP contribution in [0.3, 0.4) is 0 Å². The first kappa shape index (κ1) is 15.9. The summed E-state index contributed by atoms with van der Waals surface area (Å²) in [7, 11) is 1.83. The predicted octanol–water partition coefficient (Wildman–Crippen LogP) is 5.00. The Hall–Kier alpha value is -1.52. The summed E-state index contributed by atoms with van der Waals surface area (Å²) in [4.78, 5) is 8.93.